The minimum atomic E-state index is -0.105. The van der Waals surface area contributed by atoms with E-state index >= 15 is 0 Å². The number of anilines is 1. The van der Waals surface area contributed by atoms with Crippen LogP contribution in [0.25, 0.3) is 10.8 Å². The second-order valence-corrected chi connectivity index (χ2v) is 8.34. The van der Waals surface area contributed by atoms with Crippen LogP contribution in [0, 0.1) is 0 Å². The molecule has 3 nitrogen and oxygen atoms in total. The van der Waals surface area contributed by atoms with E-state index in [0.29, 0.717) is 17.9 Å². The molecule has 162 valence electrons. The van der Waals surface area contributed by atoms with E-state index < -0.39 is 0 Å². The van der Waals surface area contributed by atoms with E-state index in [1.807, 2.05) is 66.7 Å². The fourth-order valence-corrected chi connectivity index (χ4v) is 3.98. The van der Waals surface area contributed by atoms with Crippen molar-refractivity contribution in [3.8, 4) is 5.75 Å². The van der Waals surface area contributed by atoms with Crippen LogP contribution in [0.4, 0.5) is 5.69 Å². The number of Topliss-reactive ketones (excluding diaryl/α,β-unsaturated/α-hetero) is 1. The second-order valence-electron chi connectivity index (χ2n) is 7.90. The molecule has 0 fully saturated rings. The Morgan fingerprint density at radius 3 is 2.38 bits per heavy atom. The number of ether oxygens (including phenoxy) is 1. The number of aryl methyl sites for hydroxylation is 1. The van der Waals surface area contributed by atoms with Gasteiger partial charge in [0.15, 0.2) is 0 Å². The lowest BCUT2D eigenvalue weighted by Gasteiger charge is -2.20. The maximum atomic E-state index is 12.9. The maximum absolute atomic E-state index is 12.9. The minimum absolute atomic E-state index is 0.105. The number of carbonyl (C=O) groups is 1. The van der Waals surface area contributed by atoms with Gasteiger partial charge in [0.1, 0.15) is 11.5 Å². The number of para-hydroxylation sites is 1. The lowest BCUT2D eigenvalue weighted by Crippen LogP contribution is -2.16. The van der Waals surface area contributed by atoms with Crippen LogP contribution in [0.1, 0.15) is 30.0 Å². The van der Waals surface area contributed by atoms with Crippen LogP contribution in [-0.4, -0.2) is 12.9 Å². The molecule has 0 radical (unpaired) electrons. The first kappa shape index (κ1) is 21.9. The Morgan fingerprint density at radius 1 is 0.906 bits per heavy atom. The zero-order valence-electron chi connectivity index (χ0n) is 18.1. The predicted molar refractivity (Wildman–Crippen MR) is 133 cm³/mol. The summed E-state index contributed by atoms with van der Waals surface area (Å²) in [5.41, 5.74) is 3.20. The average Bonchev–Trinajstić information content (AvgIpc) is 2.83. The molecule has 1 unspecified atom stereocenters. The van der Waals surface area contributed by atoms with E-state index in [-0.39, 0.29) is 11.8 Å². The highest BCUT2D eigenvalue weighted by molar-refractivity contribution is 6.30. The third kappa shape index (κ3) is 5.68. The third-order valence-electron chi connectivity index (χ3n) is 5.62. The zero-order valence-corrected chi connectivity index (χ0v) is 18.8. The Labute approximate surface area is 194 Å². The number of rotatable bonds is 9. The fourth-order valence-electron chi connectivity index (χ4n) is 3.85. The molecule has 4 aromatic rings. The van der Waals surface area contributed by atoms with Crippen molar-refractivity contribution in [3.05, 3.63) is 107 Å². The number of hydrogen-bond donors (Lipinski definition) is 1. The van der Waals surface area contributed by atoms with Crippen molar-refractivity contribution in [3.63, 3.8) is 0 Å². The van der Waals surface area contributed by atoms with Gasteiger partial charge in [-0.1, -0.05) is 66.2 Å². The molecule has 0 spiro atoms. The van der Waals surface area contributed by atoms with Crippen LogP contribution in [-0.2, 0) is 11.2 Å². The minimum Gasteiger partial charge on any atom is -0.497 e. The molecule has 0 saturated carbocycles. The van der Waals surface area contributed by atoms with Crippen molar-refractivity contribution in [2.75, 3.05) is 12.4 Å². The smallest absolute Gasteiger partial charge is 0.135 e. The molecule has 0 amide bonds. The highest BCUT2D eigenvalue weighted by Crippen LogP contribution is 2.26. The van der Waals surface area contributed by atoms with E-state index in [9.17, 15) is 4.79 Å². The van der Waals surface area contributed by atoms with Gasteiger partial charge < -0.3 is 10.1 Å². The predicted octanol–water partition coefficient (Wildman–Crippen LogP) is 7.25. The molecule has 4 rings (SSSR count). The van der Waals surface area contributed by atoms with Crippen molar-refractivity contribution in [2.45, 2.75) is 25.3 Å². The van der Waals surface area contributed by atoms with Gasteiger partial charge in [-0.3, -0.25) is 4.79 Å². The quantitative estimate of drug-likeness (QED) is 0.296. The van der Waals surface area contributed by atoms with Crippen LogP contribution in [0.5, 0.6) is 5.75 Å². The molecule has 0 aliphatic carbocycles. The molecular formula is C28H26ClNO2. The van der Waals surface area contributed by atoms with Gasteiger partial charge >= 0.3 is 0 Å². The number of halogens is 1. The molecule has 32 heavy (non-hydrogen) atoms. The van der Waals surface area contributed by atoms with Gasteiger partial charge in [0.2, 0.25) is 0 Å². The molecule has 4 aromatic carbocycles. The number of nitrogens with one attached hydrogen (secondary N) is 1. The molecule has 1 N–H and O–H groups in total. The first-order valence-electron chi connectivity index (χ1n) is 10.8. The zero-order chi connectivity index (χ0) is 22.3. The van der Waals surface area contributed by atoms with Gasteiger partial charge in [0, 0.05) is 23.6 Å². The number of ketones is 1. The summed E-state index contributed by atoms with van der Waals surface area (Å²) < 4.78 is 5.30. The summed E-state index contributed by atoms with van der Waals surface area (Å²) in [6.07, 6.45) is 1.64. The van der Waals surface area contributed by atoms with Crippen LogP contribution in [0.3, 0.4) is 0 Å². The molecule has 0 aliphatic rings. The summed E-state index contributed by atoms with van der Waals surface area (Å²) in [7, 11) is 1.67. The van der Waals surface area contributed by atoms with Crippen LogP contribution >= 0.6 is 11.6 Å². The highest BCUT2D eigenvalue weighted by atomic mass is 35.5. The Balaban J connectivity index is 1.43. The van der Waals surface area contributed by atoms with E-state index in [4.69, 9.17) is 16.3 Å². The van der Waals surface area contributed by atoms with Crippen molar-refractivity contribution >= 4 is 33.8 Å². The van der Waals surface area contributed by atoms with Crippen molar-refractivity contribution < 1.29 is 9.53 Å². The first-order chi connectivity index (χ1) is 15.6. The van der Waals surface area contributed by atoms with E-state index in [2.05, 4.69) is 29.6 Å². The summed E-state index contributed by atoms with van der Waals surface area (Å²) in [6.45, 7) is 0. The Bertz CT molecular complexity index is 1190. The van der Waals surface area contributed by atoms with E-state index in [1.165, 1.54) is 0 Å². The molecule has 0 heterocycles. The molecule has 0 saturated heterocycles. The SMILES string of the molecule is COc1ccc2cc(CCC(=O)CC(Nc3ccccc3)c3ccc(Cl)cc3)ccc2c1. The van der Waals surface area contributed by atoms with Crippen molar-refractivity contribution in [1.82, 2.24) is 0 Å². The normalized spacial score (nSPS) is 11.8. The number of benzene rings is 4. The summed E-state index contributed by atoms with van der Waals surface area (Å²) >= 11 is 6.06. The molecular weight excluding hydrogens is 418 g/mol. The first-order valence-corrected chi connectivity index (χ1v) is 11.1. The molecule has 4 heteroatoms. The largest absolute Gasteiger partial charge is 0.497 e. The molecule has 0 aliphatic heterocycles. The summed E-state index contributed by atoms with van der Waals surface area (Å²) in [5.74, 6) is 1.07. The lowest BCUT2D eigenvalue weighted by atomic mass is 9.97. The van der Waals surface area contributed by atoms with Gasteiger partial charge in [-0.05, 0) is 64.7 Å². The van der Waals surface area contributed by atoms with Gasteiger partial charge in [-0.2, -0.15) is 0 Å². The van der Waals surface area contributed by atoms with Gasteiger partial charge in [-0.25, -0.2) is 0 Å². The Hall–Kier alpha value is -3.30. The number of carbonyl (C=O) groups excluding carboxylic acids is 1. The van der Waals surface area contributed by atoms with Gasteiger partial charge in [0.05, 0.1) is 13.2 Å². The summed E-state index contributed by atoms with van der Waals surface area (Å²) in [5, 5.41) is 6.48. The fraction of sp³-hybridized carbons (Fsp3) is 0.179. The molecule has 1 atom stereocenters. The van der Waals surface area contributed by atoms with Gasteiger partial charge in [0.25, 0.3) is 0 Å². The molecule has 0 bridgehead atoms. The second kappa shape index (κ2) is 10.3. The molecule has 0 aromatic heterocycles. The number of methoxy groups -OCH3 is 1. The van der Waals surface area contributed by atoms with E-state index in [0.717, 1.165) is 39.8 Å². The number of hydrogen-bond acceptors (Lipinski definition) is 3. The average molecular weight is 444 g/mol. The van der Waals surface area contributed by atoms with Crippen molar-refractivity contribution in [2.24, 2.45) is 0 Å². The Morgan fingerprint density at radius 2 is 1.62 bits per heavy atom. The van der Waals surface area contributed by atoms with Crippen molar-refractivity contribution in [1.29, 1.82) is 0 Å². The third-order valence-corrected chi connectivity index (χ3v) is 5.88. The Kier molecular flexibility index (Phi) is 7.08. The topological polar surface area (TPSA) is 38.3 Å². The van der Waals surface area contributed by atoms with Gasteiger partial charge in [-0.15, -0.1) is 0 Å². The van der Waals surface area contributed by atoms with E-state index in [1.54, 1.807) is 7.11 Å². The summed E-state index contributed by atoms with van der Waals surface area (Å²) in [4.78, 5) is 12.9. The van der Waals surface area contributed by atoms with Crippen LogP contribution < -0.4 is 10.1 Å². The standard InChI is InChI=1S/C28H26ClNO2/c1-32-27-16-12-22-17-20(7-9-23(22)18-27)8-15-26(31)19-28(21-10-13-24(29)14-11-21)30-25-5-3-2-4-6-25/h2-7,9-14,16-18,28,30H,8,15,19H2,1H3. The maximum Gasteiger partial charge on any atom is 0.135 e. The van der Waals surface area contributed by atoms with Crippen LogP contribution in [0.2, 0.25) is 5.02 Å². The summed E-state index contributed by atoms with van der Waals surface area (Å²) in [6, 6.07) is 29.9. The monoisotopic (exact) mass is 443 g/mol. The number of fused-ring (bicyclic) bond motifs is 1. The van der Waals surface area contributed by atoms with Crippen LogP contribution in [0.15, 0.2) is 91.0 Å². The highest BCUT2D eigenvalue weighted by Gasteiger charge is 2.16. The lowest BCUT2D eigenvalue weighted by molar-refractivity contribution is -0.119.